The van der Waals surface area contributed by atoms with E-state index in [4.69, 9.17) is 0 Å². The largest absolute Gasteiger partial charge is 0.369 e. The zero-order valence-electron chi connectivity index (χ0n) is 12.0. The maximum atomic E-state index is 4.54. The van der Waals surface area contributed by atoms with Gasteiger partial charge in [0.05, 0.1) is 17.9 Å². The first kappa shape index (κ1) is 13.9. The molecule has 0 amide bonds. The Morgan fingerprint density at radius 2 is 2.24 bits per heavy atom. The highest BCUT2D eigenvalue weighted by molar-refractivity contribution is 7.98. The fourth-order valence-corrected chi connectivity index (χ4v) is 2.48. The predicted molar refractivity (Wildman–Crippen MR) is 83.4 cm³/mol. The number of imidazole rings is 1. The molecule has 7 nitrogen and oxygen atoms in total. The molecule has 3 aromatic heterocycles. The second-order valence-corrected chi connectivity index (χ2v) is 5.42. The van der Waals surface area contributed by atoms with E-state index in [1.807, 2.05) is 25.8 Å². The fraction of sp³-hybridized carbons (Fsp3) is 0.385. The van der Waals surface area contributed by atoms with Crippen LogP contribution in [0.4, 0.5) is 5.82 Å². The van der Waals surface area contributed by atoms with Gasteiger partial charge in [0.1, 0.15) is 5.82 Å². The predicted octanol–water partition coefficient (Wildman–Crippen LogP) is 1.78. The summed E-state index contributed by atoms with van der Waals surface area (Å²) in [6.45, 7) is 1.77. The lowest BCUT2D eigenvalue weighted by atomic mass is 10.3. The van der Waals surface area contributed by atoms with Gasteiger partial charge < -0.3 is 9.88 Å². The Balaban J connectivity index is 1.70. The molecule has 0 aliphatic carbocycles. The van der Waals surface area contributed by atoms with Crippen LogP contribution in [0, 0.1) is 0 Å². The molecule has 3 aromatic rings. The van der Waals surface area contributed by atoms with E-state index in [9.17, 15) is 0 Å². The van der Waals surface area contributed by atoms with E-state index in [-0.39, 0.29) is 0 Å². The number of aromatic nitrogens is 6. The van der Waals surface area contributed by atoms with E-state index in [0.717, 1.165) is 41.5 Å². The summed E-state index contributed by atoms with van der Waals surface area (Å²) in [5.74, 6) is 0.850. The molecule has 0 bridgehead atoms. The van der Waals surface area contributed by atoms with E-state index in [2.05, 4.69) is 29.9 Å². The Morgan fingerprint density at radius 3 is 3.00 bits per heavy atom. The third-order valence-electron chi connectivity index (χ3n) is 3.20. The first-order chi connectivity index (χ1) is 10.3. The minimum absolute atomic E-state index is 0.753. The van der Waals surface area contributed by atoms with Gasteiger partial charge in [-0.2, -0.15) is 5.10 Å². The molecule has 110 valence electrons. The molecule has 0 aliphatic heterocycles. The quantitative estimate of drug-likeness (QED) is 0.425. The SMILES string of the molecule is CSc1nc(NCCCn2ccnc2)c2cnn(C)c2n1. The topological polar surface area (TPSA) is 73.5 Å². The van der Waals surface area contributed by atoms with Gasteiger partial charge in [0, 0.05) is 32.5 Å². The standard InChI is InChI=1S/C13H17N7S/c1-19-12-10(8-16-19)11(17-13(18-12)21-2)15-4-3-6-20-7-5-14-9-20/h5,7-9H,3-4,6H2,1-2H3,(H,15,17,18). The molecule has 0 saturated carbocycles. The third kappa shape index (κ3) is 2.99. The average Bonchev–Trinajstić information content (AvgIpc) is 3.14. The molecule has 21 heavy (non-hydrogen) atoms. The Bertz CT molecular complexity index is 720. The zero-order chi connectivity index (χ0) is 14.7. The van der Waals surface area contributed by atoms with Gasteiger partial charge >= 0.3 is 0 Å². The molecular weight excluding hydrogens is 286 g/mol. The summed E-state index contributed by atoms with van der Waals surface area (Å²) in [5, 5.41) is 9.35. The van der Waals surface area contributed by atoms with E-state index in [1.54, 1.807) is 17.1 Å². The van der Waals surface area contributed by atoms with Gasteiger partial charge in [0.15, 0.2) is 10.8 Å². The second kappa shape index (κ2) is 6.13. The molecule has 3 rings (SSSR count). The van der Waals surface area contributed by atoms with Crippen LogP contribution in [-0.4, -0.2) is 42.1 Å². The van der Waals surface area contributed by atoms with Gasteiger partial charge in [-0.25, -0.2) is 15.0 Å². The molecule has 8 heteroatoms. The lowest BCUT2D eigenvalue weighted by Crippen LogP contribution is -2.08. The number of thioether (sulfide) groups is 1. The molecule has 3 heterocycles. The molecule has 0 aromatic carbocycles. The summed E-state index contributed by atoms with van der Waals surface area (Å²) in [5.41, 5.74) is 0.853. The highest BCUT2D eigenvalue weighted by atomic mass is 32.2. The molecule has 0 saturated heterocycles. The van der Waals surface area contributed by atoms with Crippen LogP contribution in [0.2, 0.25) is 0 Å². The van der Waals surface area contributed by atoms with Crippen molar-refractivity contribution in [3.63, 3.8) is 0 Å². The Kier molecular flexibility index (Phi) is 4.05. The van der Waals surface area contributed by atoms with Crippen molar-refractivity contribution in [3.8, 4) is 0 Å². The van der Waals surface area contributed by atoms with Crippen molar-refractivity contribution < 1.29 is 0 Å². The molecule has 0 spiro atoms. The smallest absolute Gasteiger partial charge is 0.191 e. The Labute approximate surface area is 126 Å². The number of rotatable bonds is 6. The molecular formula is C13H17N7S. The number of hydrogen-bond donors (Lipinski definition) is 1. The summed E-state index contributed by atoms with van der Waals surface area (Å²) >= 11 is 1.53. The van der Waals surface area contributed by atoms with Crippen molar-refractivity contribution >= 4 is 28.6 Å². The molecule has 0 fully saturated rings. The highest BCUT2D eigenvalue weighted by Crippen LogP contribution is 2.22. The number of hydrogen-bond acceptors (Lipinski definition) is 6. The minimum Gasteiger partial charge on any atom is -0.369 e. The summed E-state index contributed by atoms with van der Waals surface area (Å²) in [4.78, 5) is 13.1. The number of aryl methyl sites for hydroxylation is 2. The molecule has 0 radical (unpaired) electrons. The molecule has 0 unspecified atom stereocenters. The first-order valence-corrected chi connectivity index (χ1v) is 7.94. The maximum Gasteiger partial charge on any atom is 0.191 e. The van der Waals surface area contributed by atoms with Gasteiger partial charge in [-0.1, -0.05) is 11.8 Å². The Morgan fingerprint density at radius 1 is 1.33 bits per heavy atom. The van der Waals surface area contributed by atoms with Crippen molar-refractivity contribution in [2.24, 2.45) is 7.05 Å². The normalized spacial score (nSPS) is 11.1. The van der Waals surface area contributed by atoms with Crippen molar-refractivity contribution in [1.82, 2.24) is 29.3 Å². The van der Waals surface area contributed by atoms with Crippen LogP contribution >= 0.6 is 11.8 Å². The minimum atomic E-state index is 0.753. The summed E-state index contributed by atoms with van der Waals surface area (Å²) in [6, 6.07) is 0. The van der Waals surface area contributed by atoms with Gasteiger partial charge in [-0.15, -0.1) is 0 Å². The number of nitrogens with one attached hydrogen (secondary N) is 1. The van der Waals surface area contributed by atoms with E-state index in [1.165, 1.54) is 11.8 Å². The summed E-state index contributed by atoms with van der Waals surface area (Å²) < 4.78 is 3.84. The highest BCUT2D eigenvalue weighted by Gasteiger charge is 2.10. The first-order valence-electron chi connectivity index (χ1n) is 6.71. The van der Waals surface area contributed by atoms with Gasteiger partial charge in [-0.3, -0.25) is 4.68 Å². The van der Waals surface area contributed by atoms with Crippen LogP contribution < -0.4 is 5.32 Å². The van der Waals surface area contributed by atoms with E-state index in [0.29, 0.717) is 0 Å². The van der Waals surface area contributed by atoms with Gasteiger partial charge in [0.25, 0.3) is 0 Å². The summed E-state index contributed by atoms with van der Waals surface area (Å²) in [7, 11) is 1.89. The second-order valence-electron chi connectivity index (χ2n) is 4.65. The van der Waals surface area contributed by atoms with Crippen molar-refractivity contribution in [2.45, 2.75) is 18.1 Å². The number of nitrogens with zero attached hydrogens (tertiary/aromatic N) is 6. The Hall–Kier alpha value is -2.09. The van der Waals surface area contributed by atoms with Gasteiger partial charge in [-0.05, 0) is 12.7 Å². The van der Waals surface area contributed by atoms with Crippen LogP contribution in [0.15, 0.2) is 30.1 Å². The van der Waals surface area contributed by atoms with Crippen LogP contribution in [0.1, 0.15) is 6.42 Å². The lowest BCUT2D eigenvalue weighted by molar-refractivity contribution is 0.660. The van der Waals surface area contributed by atoms with Crippen LogP contribution in [-0.2, 0) is 13.6 Å². The average molecular weight is 303 g/mol. The van der Waals surface area contributed by atoms with Crippen molar-refractivity contribution in [1.29, 1.82) is 0 Å². The van der Waals surface area contributed by atoms with Crippen LogP contribution in [0.5, 0.6) is 0 Å². The van der Waals surface area contributed by atoms with E-state index < -0.39 is 0 Å². The number of anilines is 1. The lowest BCUT2D eigenvalue weighted by Gasteiger charge is -2.08. The van der Waals surface area contributed by atoms with Crippen molar-refractivity contribution in [2.75, 3.05) is 18.1 Å². The summed E-state index contributed by atoms with van der Waals surface area (Å²) in [6.07, 6.45) is 10.4. The monoisotopic (exact) mass is 303 g/mol. The zero-order valence-corrected chi connectivity index (χ0v) is 12.8. The number of fused-ring (bicyclic) bond motifs is 1. The fourth-order valence-electron chi connectivity index (χ4n) is 2.12. The van der Waals surface area contributed by atoms with Crippen molar-refractivity contribution in [3.05, 3.63) is 24.9 Å². The molecule has 0 aliphatic rings. The molecule has 1 N–H and O–H groups in total. The maximum absolute atomic E-state index is 4.54. The van der Waals surface area contributed by atoms with E-state index >= 15 is 0 Å². The third-order valence-corrected chi connectivity index (χ3v) is 3.75. The molecule has 0 atom stereocenters. The van der Waals surface area contributed by atoms with Gasteiger partial charge in [0.2, 0.25) is 0 Å². The van der Waals surface area contributed by atoms with Crippen LogP contribution in [0.3, 0.4) is 0 Å². The van der Waals surface area contributed by atoms with Crippen LogP contribution in [0.25, 0.3) is 11.0 Å².